The van der Waals surface area contributed by atoms with E-state index in [0.717, 1.165) is 23.4 Å². The molecule has 2 nitrogen and oxygen atoms in total. The van der Waals surface area contributed by atoms with Crippen LogP contribution in [0.15, 0.2) is 48.5 Å². The van der Waals surface area contributed by atoms with Crippen molar-refractivity contribution < 1.29 is 9.50 Å². The second kappa shape index (κ2) is 7.47. The third-order valence-corrected chi connectivity index (χ3v) is 3.17. The summed E-state index contributed by atoms with van der Waals surface area (Å²) in [4.78, 5) is 2.10. The van der Waals surface area contributed by atoms with E-state index >= 15 is 0 Å². The number of rotatable bonds is 4. The number of aliphatic hydroxyl groups is 1. The van der Waals surface area contributed by atoms with Gasteiger partial charge in [-0.05, 0) is 42.8 Å². The number of halogens is 1. The van der Waals surface area contributed by atoms with Gasteiger partial charge in [-0.15, -0.1) is 0 Å². The van der Waals surface area contributed by atoms with E-state index in [1.807, 2.05) is 37.3 Å². The third-order valence-electron chi connectivity index (χ3n) is 3.17. The number of aliphatic hydroxyl groups excluding tert-OH is 1. The minimum atomic E-state index is -0.228. The molecule has 0 amide bonds. The molecule has 0 heterocycles. The molecule has 0 bridgehead atoms. The summed E-state index contributed by atoms with van der Waals surface area (Å²) >= 11 is 0. The fourth-order valence-corrected chi connectivity index (χ4v) is 2.17. The molecule has 0 atom stereocenters. The van der Waals surface area contributed by atoms with Gasteiger partial charge in [0.1, 0.15) is 12.4 Å². The van der Waals surface area contributed by atoms with Gasteiger partial charge in [-0.3, -0.25) is 0 Å². The van der Waals surface area contributed by atoms with E-state index in [4.69, 9.17) is 5.11 Å². The summed E-state index contributed by atoms with van der Waals surface area (Å²) in [6.45, 7) is 3.37. The van der Waals surface area contributed by atoms with E-state index in [2.05, 4.69) is 16.7 Å². The van der Waals surface area contributed by atoms with Crippen LogP contribution in [0.2, 0.25) is 0 Å². The standard InChI is InChI=1S/C18H18FNO/c1-2-20(18-10-4-9-17(19)13-18)14-16-7-3-6-15(12-16)8-5-11-21/h3-4,6-7,9-10,12-13,21H,2,11,14H2,1H3. The maximum atomic E-state index is 13.3. The van der Waals surface area contributed by atoms with Gasteiger partial charge in [0.2, 0.25) is 0 Å². The molecule has 0 fully saturated rings. The Bertz CT molecular complexity index is 658. The molecular formula is C18H18FNO. The van der Waals surface area contributed by atoms with Crippen LogP contribution in [0.5, 0.6) is 0 Å². The van der Waals surface area contributed by atoms with Gasteiger partial charge < -0.3 is 10.0 Å². The molecule has 0 aliphatic heterocycles. The highest BCUT2D eigenvalue weighted by atomic mass is 19.1. The third kappa shape index (κ3) is 4.34. The lowest BCUT2D eigenvalue weighted by Gasteiger charge is -2.23. The van der Waals surface area contributed by atoms with Gasteiger partial charge in [0.05, 0.1) is 0 Å². The van der Waals surface area contributed by atoms with E-state index in [1.54, 1.807) is 12.1 Å². The van der Waals surface area contributed by atoms with E-state index in [1.165, 1.54) is 6.07 Å². The highest BCUT2D eigenvalue weighted by molar-refractivity contribution is 5.47. The minimum Gasteiger partial charge on any atom is -0.384 e. The number of hydrogen-bond donors (Lipinski definition) is 1. The van der Waals surface area contributed by atoms with Crippen molar-refractivity contribution in [3.05, 3.63) is 65.5 Å². The van der Waals surface area contributed by atoms with E-state index in [-0.39, 0.29) is 12.4 Å². The van der Waals surface area contributed by atoms with Gasteiger partial charge in [0, 0.05) is 24.3 Å². The van der Waals surface area contributed by atoms with Crippen LogP contribution in [-0.2, 0) is 6.54 Å². The van der Waals surface area contributed by atoms with Crippen LogP contribution in [0.1, 0.15) is 18.1 Å². The summed E-state index contributed by atoms with van der Waals surface area (Å²) in [7, 11) is 0. The molecule has 0 unspecified atom stereocenters. The number of benzene rings is 2. The van der Waals surface area contributed by atoms with Gasteiger partial charge in [0.25, 0.3) is 0 Å². The Morgan fingerprint density at radius 3 is 2.67 bits per heavy atom. The molecule has 2 aromatic rings. The second-order valence-electron chi connectivity index (χ2n) is 4.65. The van der Waals surface area contributed by atoms with Crippen LogP contribution < -0.4 is 4.90 Å². The van der Waals surface area contributed by atoms with E-state index in [9.17, 15) is 4.39 Å². The number of hydrogen-bond acceptors (Lipinski definition) is 2. The maximum Gasteiger partial charge on any atom is 0.125 e. The van der Waals surface area contributed by atoms with Crippen molar-refractivity contribution in [2.75, 3.05) is 18.1 Å². The summed E-state index contributed by atoms with van der Waals surface area (Å²) in [5.74, 6) is 5.31. The van der Waals surface area contributed by atoms with Crippen molar-refractivity contribution in [3.8, 4) is 11.8 Å². The number of anilines is 1. The van der Waals surface area contributed by atoms with Crippen LogP contribution in [0, 0.1) is 17.7 Å². The topological polar surface area (TPSA) is 23.5 Å². The van der Waals surface area contributed by atoms with Crippen molar-refractivity contribution in [2.45, 2.75) is 13.5 Å². The Labute approximate surface area is 124 Å². The Balaban J connectivity index is 2.19. The Morgan fingerprint density at radius 2 is 1.95 bits per heavy atom. The zero-order valence-electron chi connectivity index (χ0n) is 12.0. The van der Waals surface area contributed by atoms with Crippen LogP contribution in [0.3, 0.4) is 0 Å². The predicted molar refractivity (Wildman–Crippen MR) is 83.5 cm³/mol. The van der Waals surface area contributed by atoms with Gasteiger partial charge in [-0.1, -0.05) is 30.0 Å². The van der Waals surface area contributed by atoms with Crippen molar-refractivity contribution in [1.29, 1.82) is 0 Å². The first kappa shape index (κ1) is 15.1. The molecule has 21 heavy (non-hydrogen) atoms. The van der Waals surface area contributed by atoms with Crippen LogP contribution in [0.4, 0.5) is 10.1 Å². The monoisotopic (exact) mass is 283 g/mol. The fraction of sp³-hybridized carbons (Fsp3) is 0.222. The summed E-state index contributed by atoms with van der Waals surface area (Å²) in [5.41, 5.74) is 2.84. The average Bonchev–Trinajstić information content (AvgIpc) is 2.51. The molecule has 0 saturated carbocycles. The van der Waals surface area contributed by atoms with Crippen LogP contribution >= 0.6 is 0 Å². The lowest BCUT2D eigenvalue weighted by atomic mass is 10.1. The zero-order chi connectivity index (χ0) is 15.1. The van der Waals surface area contributed by atoms with Gasteiger partial charge >= 0.3 is 0 Å². The molecule has 0 spiro atoms. The first-order valence-electron chi connectivity index (χ1n) is 6.92. The molecule has 0 saturated heterocycles. The van der Waals surface area contributed by atoms with Crippen LogP contribution in [-0.4, -0.2) is 18.3 Å². The van der Waals surface area contributed by atoms with E-state index < -0.39 is 0 Å². The van der Waals surface area contributed by atoms with Crippen molar-refractivity contribution in [3.63, 3.8) is 0 Å². The Hall–Kier alpha value is -2.31. The lowest BCUT2D eigenvalue weighted by molar-refractivity contribution is 0.350. The highest BCUT2D eigenvalue weighted by Crippen LogP contribution is 2.18. The molecule has 0 radical (unpaired) electrons. The normalized spacial score (nSPS) is 9.86. The maximum absolute atomic E-state index is 13.3. The second-order valence-corrected chi connectivity index (χ2v) is 4.65. The van der Waals surface area contributed by atoms with Gasteiger partial charge in [-0.2, -0.15) is 0 Å². The molecule has 108 valence electrons. The van der Waals surface area contributed by atoms with E-state index in [0.29, 0.717) is 6.54 Å². The molecule has 1 N–H and O–H groups in total. The summed E-state index contributed by atoms with van der Waals surface area (Å²) in [5, 5.41) is 8.74. The predicted octanol–water partition coefficient (Wildman–Crippen LogP) is 3.20. The first-order valence-corrected chi connectivity index (χ1v) is 6.92. The molecule has 0 aliphatic carbocycles. The molecule has 0 aliphatic rings. The van der Waals surface area contributed by atoms with Crippen molar-refractivity contribution in [1.82, 2.24) is 0 Å². The minimum absolute atomic E-state index is 0.144. The smallest absolute Gasteiger partial charge is 0.125 e. The van der Waals surface area contributed by atoms with Crippen molar-refractivity contribution in [2.24, 2.45) is 0 Å². The number of nitrogens with zero attached hydrogens (tertiary/aromatic N) is 1. The largest absolute Gasteiger partial charge is 0.384 e. The van der Waals surface area contributed by atoms with Crippen LogP contribution in [0.25, 0.3) is 0 Å². The highest BCUT2D eigenvalue weighted by Gasteiger charge is 2.06. The molecule has 2 rings (SSSR count). The first-order chi connectivity index (χ1) is 10.2. The summed E-state index contributed by atoms with van der Waals surface area (Å²) in [6, 6.07) is 14.5. The Kier molecular flexibility index (Phi) is 5.36. The summed E-state index contributed by atoms with van der Waals surface area (Å²) in [6.07, 6.45) is 0. The van der Waals surface area contributed by atoms with Gasteiger partial charge in [-0.25, -0.2) is 4.39 Å². The lowest BCUT2D eigenvalue weighted by Crippen LogP contribution is -2.22. The zero-order valence-corrected chi connectivity index (χ0v) is 12.0. The summed E-state index contributed by atoms with van der Waals surface area (Å²) < 4.78 is 13.3. The van der Waals surface area contributed by atoms with Gasteiger partial charge in [0.15, 0.2) is 0 Å². The Morgan fingerprint density at radius 1 is 1.14 bits per heavy atom. The molecular weight excluding hydrogens is 265 g/mol. The molecule has 0 aromatic heterocycles. The molecule has 2 aromatic carbocycles. The quantitative estimate of drug-likeness (QED) is 0.871. The fourth-order valence-electron chi connectivity index (χ4n) is 2.17. The molecule has 3 heteroatoms. The SMILES string of the molecule is CCN(Cc1cccc(C#CCO)c1)c1cccc(F)c1. The van der Waals surface area contributed by atoms with Crippen molar-refractivity contribution >= 4 is 5.69 Å². The average molecular weight is 283 g/mol.